The Morgan fingerprint density at radius 1 is 0.667 bits per heavy atom. The number of Topliss-reactive ketones (excluding diaryl/α,β-unsaturated/α-hetero) is 2. The maximum Gasteiger partial charge on any atom is 0.232 e. The normalized spacial score (nSPS) is 18.6. The second kappa shape index (κ2) is 6.94. The van der Waals surface area contributed by atoms with Gasteiger partial charge in [-0.2, -0.15) is 0 Å². The lowest BCUT2D eigenvalue weighted by molar-refractivity contribution is -0.154. The topological polar surface area (TPSA) is 115 Å². The largest absolute Gasteiger partial charge is 0.390 e. The molecule has 4 N–H and O–H groups in total. The summed E-state index contributed by atoms with van der Waals surface area (Å²) in [4.78, 5) is 23.1. The van der Waals surface area contributed by atoms with Crippen molar-refractivity contribution in [2.24, 2.45) is 11.8 Å². The third-order valence-electron chi connectivity index (χ3n) is 2.79. The highest BCUT2D eigenvalue weighted by Gasteiger charge is 2.37. The molecule has 0 aromatic rings. The molecule has 4 atom stereocenters. The van der Waals surface area contributed by atoms with Gasteiger partial charge in [0.25, 0.3) is 0 Å². The standard InChI is InChI=1S/C12H22O6/c1-5(2)7(13)9(15)11(17)12(18)10(16)8(14)6(3)4/h5-10,13-16H,1-4H3/t7?,8?,9-,10-/m1/s1. The van der Waals surface area contributed by atoms with Crippen molar-refractivity contribution in [3.05, 3.63) is 0 Å². The van der Waals surface area contributed by atoms with Gasteiger partial charge in [0.2, 0.25) is 11.6 Å². The van der Waals surface area contributed by atoms with Crippen LogP contribution in [0.3, 0.4) is 0 Å². The SMILES string of the molecule is CC(C)C(O)[C@@H](O)C(=O)C(=O)[C@H](O)C(O)C(C)C. The number of hydrogen-bond donors (Lipinski definition) is 4. The number of carbonyl (C=O) groups excluding carboxylic acids is 2. The lowest BCUT2D eigenvalue weighted by Crippen LogP contribution is -2.48. The van der Waals surface area contributed by atoms with Crippen LogP contribution in [-0.2, 0) is 9.59 Å². The van der Waals surface area contributed by atoms with Gasteiger partial charge in [-0.3, -0.25) is 9.59 Å². The first-order chi connectivity index (χ1) is 8.11. The number of hydrogen-bond acceptors (Lipinski definition) is 6. The molecule has 18 heavy (non-hydrogen) atoms. The summed E-state index contributed by atoms with van der Waals surface area (Å²) in [5.41, 5.74) is 0. The van der Waals surface area contributed by atoms with Crippen LogP contribution >= 0.6 is 0 Å². The molecule has 0 amide bonds. The first kappa shape index (κ1) is 17.2. The van der Waals surface area contributed by atoms with Crippen molar-refractivity contribution in [2.45, 2.75) is 52.1 Å². The Kier molecular flexibility index (Phi) is 6.62. The molecule has 0 aliphatic carbocycles. The lowest BCUT2D eigenvalue weighted by Gasteiger charge is -2.23. The van der Waals surface area contributed by atoms with Gasteiger partial charge in [0, 0.05) is 0 Å². The molecule has 0 bridgehead atoms. The van der Waals surface area contributed by atoms with Crippen molar-refractivity contribution in [1.29, 1.82) is 0 Å². The van der Waals surface area contributed by atoms with E-state index >= 15 is 0 Å². The molecule has 0 radical (unpaired) electrons. The lowest BCUT2D eigenvalue weighted by atomic mass is 9.92. The first-order valence-electron chi connectivity index (χ1n) is 5.91. The molecule has 0 rings (SSSR count). The summed E-state index contributed by atoms with van der Waals surface area (Å²) in [5, 5.41) is 37.9. The van der Waals surface area contributed by atoms with Gasteiger partial charge in [0.1, 0.15) is 12.2 Å². The minimum Gasteiger partial charge on any atom is -0.390 e. The number of aliphatic hydroxyl groups is 4. The minimum absolute atomic E-state index is 0.413. The monoisotopic (exact) mass is 262 g/mol. The van der Waals surface area contributed by atoms with E-state index in [1.54, 1.807) is 27.7 Å². The molecule has 0 aromatic heterocycles. The highest BCUT2D eigenvalue weighted by Crippen LogP contribution is 2.12. The Labute approximate surface area is 106 Å². The molecule has 0 heterocycles. The van der Waals surface area contributed by atoms with Gasteiger partial charge in [-0.15, -0.1) is 0 Å². The number of rotatable bonds is 7. The molecule has 0 aliphatic heterocycles. The molecule has 6 nitrogen and oxygen atoms in total. The third-order valence-corrected chi connectivity index (χ3v) is 2.79. The van der Waals surface area contributed by atoms with Crippen LogP contribution in [0.1, 0.15) is 27.7 Å². The van der Waals surface area contributed by atoms with Crippen molar-refractivity contribution < 1.29 is 30.0 Å². The van der Waals surface area contributed by atoms with Gasteiger partial charge >= 0.3 is 0 Å². The smallest absolute Gasteiger partial charge is 0.232 e. The predicted molar refractivity (Wildman–Crippen MR) is 63.7 cm³/mol. The fourth-order valence-electron chi connectivity index (χ4n) is 1.33. The van der Waals surface area contributed by atoms with Crippen LogP contribution in [-0.4, -0.2) is 56.4 Å². The van der Waals surface area contributed by atoms with E-state index in [9.17, 15) is 30.0 Å². The highest BCUT2D eigenvalue weighted by molar-refractivity contribution is 6.40. The molecule has 106 valence electrons. The number of aliphatic hydroxyl groups excluding tert-OH is 4. The van der Waals surface area contributed by atoms with Crippen LogP contribution in [0.25, 0.3) is 0 Å². The van der Waals surface area contributed by atoms with Crippen molar-refractivity contribution in [1.82, 2.24) is 0 Å². The Morgan fingerprint density at radius 3 is 1.06 bits per heavy atom. The van der Waals surface area contributed by atoms with E-state index in [2.05, 4.69) is 0 Å². The van der Waals surface area contributed by atoms with Gasteiger partial charge in [-0.1, -0.05) is 27.7 Å². The summed E-state index contributed by atoms with van der Waals surface area (Å²) in [7, 11) is 0. The second-order valence-corrected chi connectivity index (χ2v) is 5.09. The van der Waals surface area contributed by atoms with Crippen molar-refractivity contribution in [3.8, 4) is 0 Å². The van der Waals surface area contributed by atoms with Gasteiger partial charge in [-0.25, -0.2) is 0 Å². The van der Waals surface area contributed by atoms with Gasteiger partial charge in [0.05, 0.1) is 12.2 Å². The minimum atomic E-state index is -1.88. The molecular weight excluding hydrogens is 240 g/mol. The van der Waals surface area contributed by atoms with Gasteiger partial charge in [-0.05, 0) is 11.8 Å². The van der Waals surface area contributed by atoms with Gasteiger partial charge < -0.3 is 20.4 Å². The van der Waals surface area contributed by atoms with Crippen LogP contribution in [0, 0.1) is 11.8 Å². The predicted octanol–water partition coefficient (Wildman–Crippen LogP) is -1.12. The van der Waals surface area contributed by atoms with Crippen LogP contribution in [0.5, 0.6) is 0 Å². The molecule has 0 aliphatic rings. The summed E-state index contributed by atoms with van der Waals surface area (Å²) in [6.07, 6.45) is -6.53. The average Bonchev–Trinajstić information content (AvgIpc) is 2.32. The molecule has 2 unspecified atom stereocenters. The van der Waals surface area contributed by atoms with E-state index in [0.29, 0.717) is 0 Å². The summed E-state index contributed by atoms with van der Waals surface area (Å²) in [5.74, 6) is -3.40. The fourth-order valence-corrected chi connectivity index (χ4v) is 1.33. The summed E-state index contributed by atoms with van der Waals surface area (Å²) in [6.45, 7) is 6.30. The molecule has 0 saturated heterocycles. The van der Waals surface area contributed by atoms with Crippen molar-refractivity contribution in [3.63, 3.8) is 0 Å². The molecule has 0 spiro atoms. The second-order valence-electron chi connectivity index (χ2n) is 5.09. The number of carbonyl (C=O) groups is 2. The van der Waals surface area contributed by atoms with Crippen LogP contribution in [0.2, 0.25) is 0 Å². The summed E-state index contributed by atoms with van der Waals surface area (Å²) >= 11 is 0. The fraction of sp³-hybridized carbons (Fsp3) is 0.833. The Hall–Kier alpha value is -0.820. The summed E-state index contributed by atoms with van der Waals surface area (Å²) in [6, 6.07) is 0. The zero-order valence-electron chi connectivity index (χ0n) is 11.1. The van der Waals surface area contributed by atoms with Crippen LogP contribution < -0.4 is 0 Å². The molecule has 0 aromatic carbocycles. The average molecular weight is 262 g/mol. The van der Waals surface area contributed by atoms with E-state index < -0.39 is 47.8 Å². The zero-order valence-corrected chi connectivity index (χ0v) is 11.1. The Bertz CT molecular complexity index is 269. The summed E-state index contributed by atoms with van der Waals surface area (Å²) < 4.78 is 0. The zero-order chi connectivity index (χ0) is 14.6. The Morgan fingerprint density at radius 2 is 0.889 bits per heavy atom. The number of ketones is 2. The van der Waals surface area contributed by atoms with E-state index in [1.165, 1.54) is 0 Å². The maximum atomic E-state index is 11.5. The van der Waals surface area contributed by atoms with E-state index in [-0.39, 0.29) is 0 Å². The van der Waals surface area contributed by atoms with Crippen molar-refractivity contribution >= 4 is 11.6 Å². The molecule has 6 heteroatoms. The van der Waals surface area contributed by atoms with E-state index in [4.69, 9.17) is 0 Å². The van der Waals surface area contributed by atoms with Crippen LogP contribution in [0.4, 0.5) is 0 Å². The highest BCUT2D eigenvalue weighted by atomic mass is 16.3. The third kappa shape index (κ3) is 4.13. The van der Waals surface area contributed by atoms with E-state index in [0.717, 1.165) is 0 Å². The van der Waals surface area contributed by atoms with Gasteiger partial charge in [0.15, 0.2) is 0 Å². The molecule has 0 saturated carbocycles. The Balaban J connectivity index is 4.75. The van der Waals surface area contributed by atoms with Crippen molar-refractivity contribution in [2.75, 3.05) is 0 Å². The van der Waals surface area contributed by atoms with Crippen LogP contribution in [0.15, 0.2) is 0 Å². The molecule has 0 fully saturated rings. The first-order valence-corrected chi connectivity index (χ1v) is 5.91. The molecular formula is C12H22O6. The quantitative estimate of drug-likeness (QED) is 0.432. The van der Waals surface area contributed by atoms with E-state index in [1.807, 2.05) is 0 Å². The maximum absolute atomic E-state index is 11.5.